The number of aromatic nitrogens is 1. The van der Waals surface area contributed by atoms with Crippen molar-refractivity contribution in [1.29, 1.82) is 0 Å². The van der Waals surface area contributed by atoms with Crippen LogP contribution in [0.5, 0.6) is 0 Å². The summed E-state index contributed by atoms with van der Waals surface area (Å²) in [5, 5.41) is 0. The van der Waals surface area contributed by atoms with E-state index in [4.69, 9.17) is 0 Å². The van der Waals surface area contributed by atoms with Crippen molar-refractivity contribution in [2.75, 3.05) is 20.6 Å². The molecule has 0 fully saturated rings. The number of pyridine rings is 1. The number of rotatable bonds is 5. The van der Waals surface area contributed by atoms with Crippen LogP contribution in [0.25, 0.3) is 0 Å². The van der Waals surface area contributed by atoms with Gasteiger partial charge >= 0.3 is 0 Å². The summed E-state index contributed by atoms with van der Waals surface area (Å²) in [7, 11) is 4.23. The Hall–Kier alpha value is -1.19. The molecule has 0 unspecified atom stereocenters. The molecule has 0 saturated heterocycles. The minimum atomic E-state index is 0.407. The molecule has 19 heavy (non-hydrogen) atoms. The molecule has 2 aromatic rings. The van der Waals surface area contributed by atoms with Crippen molar-refractivity contribution in [1.82, 2.24) is 9.88 Å². The molecular weight excluding hydrogens is 300 g/mol. The van der Waals surface area contributed by atoms with Gasteiger partial charge in [0, 0.05) is 22.8 Å². The lowest BCUT2D eigenvalue weighted by atomic mass is 9.89. The third-order valence-electron chi connectivity index (χ3n) is 3.22. The van der Waals surface area contributed by atoms with Crippen LogP contribution in [0.3, 0.4) is 0 Å². The zero-order chi connectivity index (χ0) is 13.7. The van der Waals surface area contributed by atoms with Gasteiger partial charge in [-0.1, -0.05) is 34.1 Å². The van der Waals surface area contributed by atoms with Crippen LogP contribution >= 0.6 is 15.9 Å². The minimum absolute atomic E-state index is 0.407. The molecule has 0 radical (unpaired) electrons. The van der Waals surface area contributed by atoms with Crippen LogP contribution in [0.2, 0.25) is 0 Å². The molecule has 1 aromatic carbocycles. The zero-order valence-electron chi connectivity index (χ0n) is 11.4. The summed E-state index contributed by atoms with van der Waals surface area (Å²) in [6, 6.07) is 12.8. The first-order valence-corrected chi connectivity index (χ1v) is 7.26. The standard InChI is InChI=1S/C16H19BrN2/c1-19(2)11-9-16(14-4-3-10-18-12-14)13-5-7-15(17)8-6-13/h3-8,10,12,16H,9,11H2,1-2H3/t16-/m0/s1. The first-order valence-electron chi connectivity index (χ1n) is 6.47. The number of hydrogen-bond acceptors (Lipinski definition) is 2. The predicted molar refractivity (Wildman–Crippen MR) is 83.4 cm³/mol. The highest BCUT2D eigenvalue weighted by molar-refractivity contribution is 9.10. The summed E-state index contributed by atoms with van der Waals surface area (Å²) in [6.45, 7) is 1.07. The number of nitrogens with zero attached hydrogens (tertiary/aromatic N) is 2. The van der Waals surface area contributed by atoms with Gasteiger partial charge in [-0.05, 0) is 56.4 Å². The molecule has 0 bridgehead atoms. The second kappa shape index (κ2) is 6.83. The lowest BCUT2D eigenvalue weighted by Crippen LogP contribution is -2.16. The van der Waals surface area contributed by atoms with Gasteiger partial charge in [0.2, 0.25) is 0 Å². The molecule has 100 valence electrons. The minimum Gasteiger partial charge on any atom is -0.309 e. The fourth-order valence-corrected chi connectivity index (χ4v) is 2.45. The highest BCUT2D eigenvalue weighted by atomic mass is 79.9. The van der Waals surface area contributed by atoms with E-state index in [1.807, 2.05) is 18.5 Å². The van der Waals surface area contributed by atoms with Gasteiger partial charge in [0.1, 0.15) is 0 Å². The van der Waals surface area contributed by atoms with E-state index < -0.39 is 0 Å². The van der Waals surface area contributed by atoms with Gasteiger partial charge in [-0.15, -0.1) is 0 Å². The molecule has 2 rings (SSSR count). The van der Waals surface area contributed by atoms with Crippen LogP contribution in [-0.2, 0) is 0 Å². The topological polar surface area (TPSA) is 16.1 Å². The maximum Gasteiger partial charge on any atom is 0.0306 e. The normalized spacial score (nSPS) is 12.6. The molecule has 0 N–H and O–H groups in total. The molecule has 0 amide bonds. The maximum absolute atomic E-state index is 4.25. The van der Waals surface area contributed by atoms with Gasteiger partial charge in [-0.2, -0.15) is 0 Å². The fourth-order valence-electron chi connectivity index (χ4n) is 2.19. The Labute approximate surface area is 123 Å². The molecule has 1 atom stereocenters. The Morgan fingerprint density at radius 1 is 1.11 bits per heavy atom. The van der Waals surface area contributed by atoms with Crippen LogP contribution in [0.4, 0.5) is 0 Å². The Morgan fingerprint density at radius 3 is 2.42 bits per heavy atom. The fraction of sp³-hybridized carbons (Fsp3) is 0.312. The first-order chi connectivity index (χ1) is 9.16. The second-order valence-corrected chi connectivity index (χ2v) is 5.90. The van der Waals surface area contributed by atoms with Gasteiger partial charge in [0.05, 0.1) is 0 Å². The van der Waals surface area contributed by atoms with Gasteiger partial charge in [-0.25, -0.2) is 0 Å². The van der Waals surface area contributed by atoms with Crippen molar-refractivity contribution in [2.45, 2.75) is 12.3 Å². The molecule has 0 aliphatic carbocycles. The molecule has 2 nitrogen and oxygen atoms in total. The highest BCUT2D eigenvalue weighted by Crippen LogP contribution is 2.28. The average Bonchev–Trinajstić information content (AvgIpc) is 2.42. The third kappa shape index (κ3) is 4.15. The lowest BCUT2D eigenvalue weighted by molar-refractivity contribution is 0.390. The SMILES string of the molecule is CN(C)CC[C@@H](c1ccc(Br)cc1)c1cccnc1. The second-order valence-electron chi connectivity index (χ2n) is 4.98. The molecular formula is C16H19BrN2. The molecule has 1 aromatic heterocycles. The van der Waals surface area contributed by atoms with Crippen molar-refractivity contribution < 1.29 is 0 Å². The van der Waals surface area contributed by atoms with Crippen LogP contribution in [-0.4, -0.2) is 30.5 Å². The molecule has 0 spiro atoms. The van der Waals surface area contributed by atoms with Crippen molar-refractivity contribution in [2.24, 2.45) is 0 Å². The van der Waals surface area contributed by atoms with E-state index in [1.54, 1.807) is 0 Å². The summed E-state index contributed by atoms with van der Waals surface area (Å²) in [4.78, 5) is 6.48. The van der Waals surface area contributed by atoms with E-state index in [0.29, 0.717) is 5.92 Å². The highest BCUT2D eigenvalue weighted by Gasteiger charge is 2.14. The Morgan fingerprint density at radius 2 is 1.84 bits per heavy atom. The van der Waals surface area contributed by atoms with Crippen molar-refractivity contribution >= 4 is 15.9 Å². The van der Waals surface area contributed by atoms with E-state index in [2.05, 4.69) is 70.2 Å². The van der Waals surface area contributed by atoms with E-state index in [-0.39, 0.29) is 0 Å². The van der Waals surface area contributed by atoms with Gasteiger partial charge in [-0.3, -0.25) is 4.98 Å². The monoisotopic (exact) mass is 318 g/mol. The van der Waals surface area contributed by atoms with Crippen molar-refractivity contribution in [3.8, 4) is 0 Å². The van der Waals surface area contributed by atoms with Crippen LogP contribution < -0.4 is 0 Å². The third-order valence-corrected chi connectivity index (χ3v) is 3.75. The maximum atomic E-state index is 4.25. The van der Waals surface area contributed by atoms with Gasteiger partial charge < -0.3 is 4.90 Å². The Bertz CT molecular complexity index is 494. The smallest absolute Gasteiger partial charge is 0.0306 e. The zero-order valence-corrected chi connectivity index (χ0v) is 13.0. The number of benzene rings is 1. The van der Waals surface area contributed by atoms with E-state index in [1.165, 1.54) is 11.1 Å². The number of hydrogen-bond donors (Lipinski definition) is 0. The summed E-state index contributed by atoms with van der Waals surface area (Å²) in [6.07, 6.45) is 4.90. The van der Waals surface area contributed by atoms with Crippen LogP contribution in [0.15, 0.2) is 53.3 Å². The number of halogens is 1. The van der Waals surface area contributed by atoms with Crippen LogP contribution in [0.1, 0.15) is 23.5 Å². The Kier molecular flexibility index (Phi) is 5.11. The summed E-state index contributed by atoms with van der Waals surface area (Å²) in [5.41, 5.74) is 2.63. The molecule has 3 heteroatoms. The molecule has 0 aliphatic rings. The molecule has 0 saturated carbocycles. The summed E-state index contributed by atoms with van der Waals surface area (Å²) >= 11 is 3.49. The van der Waals surface area contributed by atoms with Gasteiger partial charge in [0.15, 0.2) is 0 Å². The molecule has 0 aliphatic heterocycles. The predicted octanol–water partition coefficient (Wildman–Crippen LogP) is 3.93. The first kappa shape index (κ1) is 14.2. The van der Waals surface area contributed by atoms with E-state index in [9.17, 15) is 0 Å². The van der Waals surface area contributed by atoms with Crippen molar-refractivity contribution in [3.63, 3.8) is 0 Å². The van der Waals surface area contributed by atoms with Gasteiger partial charge in [0.25, 0.3) is 0 Å². The quantitative estimate of drug-likeness (QED) is 0.830. The van der Waals surface area contributed by atoms with E-state index >= 15 is 0 Å². The lowest BCUT2D eigenvalue weighted by Gasteiger charge is -2.20. The van der Waals surface area contributed by atoms with E-state index in [0.717, 1.165) is 17.4 Å². The summed E-state index contributed by atoms with van der Waals surface area (Å²) < 4.78 is 1.12. The van der Waals surface area contributed by atoms with Crippen LogP contribution in [0, 0.1) is 0 Å². The molecule has 1 heterocycles. The Balaban J connectivity index is 2.26. The average molecular weight is 319 g/mol. The largest absolute Gasteiger partial charge is 0.309 e. The summed E-state index contributed by atoms with van der Waals surface area (Å²) in [5.74, 6) is 0.407. The van der Waals surface area contributed by atoms with Crippen molar-refractivity contribution in [3.05, 3.63) is 64.4 Å².